The van der Waals surface area contributed by atoms with E-state index >= 15 is 0 Å². The number of aryl methyl sites for hydroxylation is 2. The maximum absolute atomic E-state index is 12.1. The van der Waals surface area contributed by atoms with E-state index in [1.54, 1.807) is 30.1 Å². The number of hydrogen-bond acceptors (Lipinski definition) is 3. The fraction of sp³-hybridized carbons (Fsp3) is 0.231. The molecule has 2 aromatic rings. The summed E-state index contributed by atoms with van der Waals surface area (Å²) in [5.41, 5.74) is 1.69. The van der Waals surface area contributed by atoms with Crippen LogP contribution in [0.25, 0.3) is 0 Å². The molecule has 0 saturated heterocycles. The van der Waals surface area contributed by atoms with E-state index in [9.17, 15) is 9.90 Å². The Kier molecular flexibility index (Phi) is 3.90. The fourth-order valence-corrected chi connectivity index (χ4v) is 2.14. The summed E-state index contributed by atoms with van der Waals surface area (Å²) in [6, 6.07) is 4.73. The molecule has 0 radical (unpaired) electrons. The number of anilines is 1. The minimum absolute atomic E-state index is 0.0531. The zero-order chi connectivity index (χ0) is 14.0. The molecule has 100 valence electrons. The minimum atomic E-state index is -0.360. The summed E-state index contributed by atoms with van der Waals surface area (Å²) in [4.78, 5) is 12.1. The Morgan fingerprint density at radius 3 is 2.95 bits per heavy atom. The number of nitrogens with zero attached hydrogens (tertiary/aromatic N) is 2. The average Bonchev–Trinajstić information content (AvgIpc) is 2.72. The first-order valence-electron chi connectivity index (χ1n) is 5.83. The van der Waals surface area contributed by atoms with Gasteiger partial charge in [0, 0.05) is 17.7 Å². The largest absolute Gasteiger partial charge is 0.507 e. The Hall–Kier alpha value is -1.82. The Balaban J connectivity index is 2.27. The number of aromatic nitrogens is 2. The number of hydrogen-bond donors (Lipinski definition) is 2. The summed E-state index contributed by atoms with van der Waals surface area (Å²) >= 11 is 3.27. The standard InChI is InChI=1S/C13H14BrN3O2/c1-3-10-11(7-17(2)16-10)15-13(19)9-6-8(14)4-5-12(9)18/h4-7,18H,3H2,1-2H3,(H,15,19). The molecule has 2 rings (SSSR count). The molecular formula is C13H14BrN3O2. The van der Waals surface area contributed by atoms with E-state index in [1.807, 2.05) is 6.92 Å². The molecule has 19 heavy (non-hydrogen) atoms. The molecule has 1 aromatic heterocycles. The molecule has 1 heterocycles. The van der Waals surface area contributed by atoms with Gasteiger partial charge in [0.2, 0.25) is 0 Å². The molecule has 5 nitrogen and oxygen atoms in total. The molecule has 0 atom stereocenters. The maximum Gasteiger partial charge on any atom is 0.259 e. The number of carbonyl (C=O) groups is 1. The molecule has 1 aromatic carbocycles. The SMILES string of the molecule is CCc1nn(C)cc1NC(=O)c1cc(Br)ccc1O. The van der Waals surface area contributed by atoms with E-state index < -0.39 is 0 Å². The Morgan fingerprint density at radius 1 is 1.53 bits per heavy atom. The number of phenols is 1. The Morgan fingerprint density at radius 2 is 2.26 bits per heavy atom. The van der Waals surface area contributed by atoms with Gasteiger partial charge in [-0.1, -0.05) is 22.9 Å². The van der Waals surface area contributed by atoms with E-state index in [0.29, 0.717) is 5.69 Å². The number of halogens is 1. The normalized spacial score (nSPS) is 10.5. The van der Waals surface area contributed by atoms with E-state index in [-0.39, 0.29) is 17.2 Å². The lowest BCUT2D eigenvalue weighted by molar-refractivity contribution is 0.102. The Bertz CT molecular complexity index is 622. The monoisotopic (exact) mass is 323 g/mol. The van der Waals surface area contributed by atoms with E-state index in [2.05, 4.69) is 26.3 Å². The molecule has 0 aliphatic rings. The van der Waals surface area contributed by atoms with Crippen molar-refractivity contribution in [2.24, 2.45) is 7.05 Å². The van der Waals surface area contributed by atoms with Crippen LogP contribution in [0.4, 0.5) is 5.69 Å². The summed E-state index contributed by atoms with van der Waals surface area (Å²) < 4.78 is 2.38. The van der Waals surface area contributed by atoms with Gasteiger partial charge >= 0.3 is 0 Å². The van der Waals surface area contributed by atoms with Crippen LogP contribution in [0.15, 0.2) is 28.9 Å². The van der Waals surface area contributed by atoms with Gasteiger partial charge in [-0.2, -0.15) is 5.10 Å². The lowest BCUT2D eigenvalue weighted by atomic mass is 10.2. The molecule has 1 amide bonds. The number of aromatic hydroxyl groups is 1. The first-order valence-corrected chi connectivity index (χ1v) is 6.63. The van der Waals surface area contributed by atoms with Crippen molar-refractivity contribution in [1.82, 2.24) is 9.78 Å². The zero-order valence-electron chi connectivity index (χ0n) is 10.6. The predicted molar refractivity (Wildman–Crippen MR) is 76.3 cm³/mol. The first kappa shape index (κ1) is 13.6. The van der Waals surface area contributed by atoms with Crippen LogP contribution in [0.2, 0.25) is 0 Å². The molecule has 0 saturated carbocycles. The molecule has 2 N–H and O–H groups in total. The number of benzene rings is 1. The summed E-state index contributed by atoms with van der Waals surface area (Å²) in [5, 5.41) is 16.7. The zero-order valence-corrected chi connectivity index (χ0v) is 12.2. The maximum atomic E-state index is 12.1. The van der Waals surface area contributed by atoms with Crippen LogP contribution >= 0.6 is 15.9 Å². The van der Waals surface area contributed by atoms with E-state index in [4.69, 9.17) is 0 Å². The van der Waals surface area contributed by atoms with Crippen LogP contribution in [0.3, 0.4) is 0 Å². The van der Waals surface area contributed by atoms with Crippen LogP contribution in [0, 0.1) is 0 Å². The number of carbonyl (C=O) groups excluding carboxylic acids is 1. The lowest BCUT2D eigenvalue weighted by Gasteiger charge is -2.06. The van der Waals surface area contributed by atoms with Crippen molar-refractivity contribution in [2.75, 3.05) is 5.32 Å². The third kappa shape index (κ3) is 2.96. The van der Waals surface area contributed by atoms with Crippen molar-refractivity contribution in [3.8, 4) is 5.75 Å². The van der Waals surface area contributed by atoms with E-state index in [1.165, 1.54) is 6.07 Å². The van der Waals surface area contributed by atoms with Crippen LogP contribution in [-0.4, -0.2) is 20.8 Å². The first-order chi connectivity index (χ1) is 9.01. The summed E-state index contributed by atoms with van der Waals surface area (Å²) in [6.07, 6.45) is 2.46. The Labute approximate surface area is 119 Å². The van der Waals surface area contributed by atoms with Crippen LogP contribution in [0.5, 0.6) is 5.75 Å². The van der Waals surface area contributed by atoms with Gasteiger partial charge in [0.1, 0.15) is 5.75 Å². The van der Waals surface area contributed by atoms with Crippen LogP contribution < -0.4 is 5.32 Å². The van der Waals surface area contributed by atoms with Gasteiger partial charge in [0.05, 0.1) is 16.9 Å². The van der Waals surface area contributed by atoms with Gasteiger partial charge in [0.15, 0.2) is 0 Å². The molecule has 0 bridgehead atoms. The fourth-order valence-electron chi connectivity index (χ4n) is 1.78. The minimum Gasteiger partial charge on any atom is -0.507 e. The number of nitrogens with one attached hydrogen (secondary N) is 1. The molecule has 0 fully saturated rings. The predicted octanol–water partition coefficient (Wildman–Crippen LogP) is 2.70. The second-order valence-corrected chi connectivity index (χ2v) is 5.05. The van der Waals surface area contributed by atoms with Gasteiger partial charge in [-0.15, -0.1) is 0 Å². The quantitative estimate of drug-likeness (QED) is 0.912. The highest BCUT2D eigenvalue weighted by Crippen LogP contribution is 2.23. The molecule has 6 heteroatoms. The van der Waals surface area contributed by atoms with Gasteiger partial charge in [-0.25, -0.2) is 0 Å². The third-order valence-corrected chi connectivity index (χ3v) is 3.18. The smallest absolute Gasteiger partial charge is 0.259 e. The van der Waals surface area contributed by atoms with Gasteiger partial charge in [-0.05, 0) is 24.6 Å². The van der Waals surface area contributed by atoms with Crippen molar-refractivity contribution < 1.29 is 9.90 Å². The number of rotatable bonds is 3. The molecule has 0 aliphatic heterocycles. The highest BCUT2D eigenvalue weighted by molar-refractivity contribution is 9.10. The molecular weight excluding hydrogens is 310 g/mol. The van der Waals surface area contributed by atoms with Gasteiger partial charge in [0.25, 0.3) is 5.91 Å². The average molecular weight is 324 g/mol. The lowest BCUT2D eigenvalue weighted by Crippen LogP contribution is -2.12. The van der Waals surface area contributed by atoms with Crippen molar-refractivity contribution >= 4 is 27.5 Å². The molecule has 0 spiro atoms. The number of amides is 1. The highest BCUT2D eigenvalue weighted by atomic mass is 79.9. The third-order valence-electron chi connectivity index (χ3n) is 2.69. The summed E-state index contributed by atoms with van der Waals surface area (Å²) in [6.45, 7) is 1.97. The summed E-state index contributed by atoms with van der Waals surface area (Å²) in [5.74, 6) is -0.413. The molecule has 0 unspecified atom stereocenters. The highest BCUT2D eigenvalue weighted by Gasteiger charge is 2.14. The van der Waals surface area contributed by atoms with Gasteiger partial charge < -0.3 is 10.4 Å². The second-order valence-electron chi connectivity index (χ2n) is 4.13. The summed E-state index contributed by atoms with van der Waals surface area (Å²) in [7, 11) is 1.80. The van der Waals surface area contributed by atoms with Crippen LogP contribution in [-0.2, 0) is 13.5 Å². The number of phenolic OH excluding ortho intramolecular Hbond substituents is 1. The topological polar surface area (TPSA) is 67.2 Å². The second kappa shape index (κ2) is 5.44. The van der Waals surface area contributed by atoms with Crippen LogP contribution in [0.1, 0.15) is 23.0 Å². The van der Waals surface area contributed by atoms with Crippen molar-refractivity contribution in [3.05, 3.63) is 40.1 Å². The van der Waals surface area contributed by atoms with Gasteiger partial charge in [-0.3, -0.25) is 9.48 Å². The van der Waals surface area contributed by atoms with E-state index in [0.717, 1.165) is 16.6 Å². The van der Waals surface area contributed by atoms with Crippen molar-refractivity contribution in [1.29, 1.82) is 0 Å². The molecule has 0 aliphatic carbocycles. The van der Waals surface area contributed by atoms with Crippen molar-refractivity contribution in [3.63, 3.8) is 0 Å². The van der Waals surface area contributed by atoms with Crippen molar-refractivity contribution in [2.45, 2.75) is 13.3 Å².